The second-order valence-electron chi connectivity index (χ2n) is 5.93. The van der Waals surface area contributed by atoms with Gasteiger partial charge in [-0.1, -0.05) is 12.1 Å². The molecule has 2 heterocycles. The molecule has 24 heavy (non-hydrogen) atoms. The van der Waals surface area contributed by atoms with Crippen LogP contribution < -0.4 is 0 Å². The zero-order valence-corrected chi connectivity index (χ0v) is 13.5. The van der Waals surface area contributed by atoms with Crippen LogP contribution in [-0.2, 0) is 0 Å². The molecule has 0 aliphatic carbocycles. The number of halogens is 1. The van der Waals surface area contributed by atoms with Gasteiger partial charge in [-0.05, 0) is 61.4 Å². The molecule has 0 atom stereocenters. The molecule has 2 aromatic heterocycles. The highest BCUT2D eigenvalue weighted by Gasteiger charge is 2.11. The largest absolute Gasteiger partial charge is 0.278 e. The molecule has 0 bridgehead atoms. The van der Waals surface area contributed by atoms with Gasteiger partial charge in [0.05, 0.1) is 16.9 Å². The van der Waals surface area contributed by atoms with Gasteiger partial charge in [-0.3, -0.25) is 10.1 Å². The van der Waals surface area contributed by atoms with Crippen LogP contribution in [0.2, 0.25) is 0 Å². The summed E-state index contributed by atoms with van der Waals surface area (Å²) in [5.41, 5.74) is 6.44. The number of hydrogen-bond acceptors (Lipinski definition) is 2. The lowest BCUT2D eigenvalue weighted by Crippen LogP contribution is -1.91. The topological polar surface area (TPSA) is 41.6 Å². The fraction of sp³-hybridized carbons (Fsp3) is 0.100. The third-order valence-electron chi connectivity index (χ3n) is 4.30. The van der Waals surface area contributed by atoms with E-state index in [9.17, 15) is 4.39 Å². The van der Waals surface area contributed by atoms with Crippen LogP contribution in [0.1, 0.15) is 11.3 Å². The van der Waals surface area contributed by atoms with E-state index in [0.29, 0.717) is 5.56 Å². The first-order valence-electron chi connectivity index (χ1n) is 7.80. The summed E-state index contributed by atoms with van der Waals surface area (Å²) < 4.78 is 13.6. The number of nitrogens with one attached hydrogen (secondary N) is 1. The Morgan fingerprint density at radius 2 is 1.79 bits per heavy atom. The molecule has 0 spiro atoms. The molecule has 0 radical (unpaired) electrons. The summed E-state index contributed by atoms with van der Waals surface area (Å²) in [6.07, 6.45) is 1.76. The Bertz CT molecular complexity index is 1050. The zero-order chi connectivity index (χ0) is 16.7. The molecule has 1 N–H and O–H groups in total. The van der Waals surface area contributed by atoms with Crippen molar-refractivity contribution in [2.45, 2.75) is 13.8 Å². The molecule has 3 nitrogen and oxygen atoms in total. The minimum absolute atomic E-state index is 0.202. The average Bonchev–Trinajstić information content (AvgIpc) is 2.98. The zero-order valence-electron chi connectivity index (χ0n) is 13.5. The third-order valence-corrected chi connectivity index (χ3v) is 4.30. The van der Waals surface area contributed by atoms with Gasteiger partial charge in [0.2, 0.25) is 0 Å². The minimum Gasteiger partial charge on any atom is -0.278 e. The first-order chi connectivity index (χ1) is 11.6. The summed E-state index contributed by atoms with van der Waals surface area (Å²) in [6, 6.07) is 15.3. The number of benzene rings is 2. The third kappa shape index (κ3) is 2.36. The number of H-pyrrole nitrogens is 1. The number of pyridine rings is 1. The van der Waals surface area contributed by atoms with E-state index in [1.807, 2.05) is 31.2 Å². The molecule has 0 unspecified atom stereocenters. The Hall–Kier alpha value is -3.01. The molecule has 0 saturated heterocycles. The molecule has 4 rings (SSSR count). The van der Waals surface area contributed by atoms with Gasteiger partial charge in [-0.25, -0.2) is 4.39 Å². The number of nitrogens with zero attached hydrogens (tertiary/aromatic N) is 2. The molecule has 2 aromatic carbocycles. The van der Waals surface area contributed by atoms with Crippen molar-refractivity contribution in [3.63, 3.8) is 0 Å². The maximum atomic E-state index is 13.6. The number of aromatic amines is 1. The summed E-state index contributed by atoms with van der Waals surface area (Å²) in [5, 5.41) is 8.36. The average molecular weight is 317 g/mol. The lowest BCUT2D eigenvalue weighted by Gasteiger charge is -2.10. The fourth-order valence-electron chi connectivity index (χ4n) is 2.97. The van der Waals surface area contributed by atoms with Gasteiger partial charge in [-0.2, -0.15) is 5.10 Å². The van der Waals surface area contributed by atoms with E-state index < -0.39 is 0 Å². The van der Waals surface area contributed by atoms with Crippen LogP contribution in [0.3, 0.4) is 0 Å². The van der Waals surface area contributed by atoms with Gasteiger partial charge in [-0.15, -0.1) is 0 Å². The van der Waals surface area contributed by atoms with E-state index >= 15 is 0 Å². The number of hydrogen-bond donors (Lipinski definition) is 1. The van der Waals surface area contributed by atoms with Gasteiger partial charge in [0.1, 0.15) is 5.82 Å². The molecular weight excluding hydrogens is 301 g/mol. The predicted molar refractivity (Wildman–Crippen MR) is 94.2 cm³/mol. The Morgan fingerprint density at radius 1 is 0.958 bits per heavy atom. The van der Waals surface area contributed by atoms with Crippen LogP contribution in [0.4, 0.5) is 4.39 Å². The van der Waals surface area contributed by atoms with Crippen LogP contribution in [0.15, 0.2) is 54.7 Å². The van der Waals surface area contributed by atoms with Crippen molar-refractivity contribution in [2.24, 2.45) is 0 Å². The molecule has 0 saturated carbocycles. The van der Waals surface area contributed by atoms with Crippen molar-refractivity contribution in [1.29, 1.82) is 0 Å². The second kappa shape index (κ2) is 5.57. The van der Waals surface area contributed by atoms with E-state index in [0.717, 1.165) is 39.0 Å². The number of aryl methyl sites for hydroxylation is 2. The van der Waals surface area contributed by atoms with Crippen molar-refractivity contribution in [1.82, 2.24) is 15.2 Å². The Balaban J connectivity index is 1.91. The molecule has 0 fully saturated rings. The summed E-state index contributed by atoms with van der Waals surface area (Å²) in [7, 11) is 0. The molecular formula is C20H16FN3. The van der Waals surface area contributed by atoms with E-state index in [1.54, 1.807) is 19.2 Å². The van der Waals surface area contributed by atoms with Crippen molar-refractivity contribution < 1.29 is 4.39 Å². The number of fused-ring (bicyclic) bond motifs is 1. The van der Waals surface area contributed by atoms with Crippen LogP contribution >= 0.6 is 0 Å². The van der Waals surface area contributed by atoms with Gasteiger partial charge in [0.15, 0.2) is 0 Å². The van der Waals surface area contributed by atoms with Crippen molar-refractivity contribution in [3.05, 3.63) is 71.8 Å². The monoisotopic (exact) mass is 317 g/mol. The minimum atomic E-state index is -0.202. The van der Waals surface area contributed by atoms with E-state index in [4.69, 9.17) is 0 Å². The highest BCUT2D eigenvalue weighted by atomic mass is 19.1. The van der Waals surface area contributed by atoms with Crippen molar-refractivity contribution in [3.8, 4) is 22.4 Å². The predicted octanol–water partition coefficient (Wildman–Crippen LogP) is 5.05. The maximum absolute atomic E-state index is 13.6. The fourth-order valence-corrected chi connectivity index (χ4v) is 2.97. The summed E-state index contributed by atoms with van der Waals surface area (Å²) in [6.45, 7) is 3.75. The quantitative estimate of drug-likeness (QED) is 0.562. The van der Waals surface area contributed by atoms with Gasteiger partial charge in [0, 0.05) is 22.7 Å². The van der Waals surface area contributed by atoms with E-state index in [2.05, 4.69) is 27.3 Å². The first-order valence-corrected chi connectivity index (χ1v) is 7.80. The Kier molecular flexibility index (Phi) is 3.38. The van der Waals surface area contributed by atoms with Crippen molar-refractivity contribution >= 4 is 10.9 Å². The lowest BCUT2D eigenvalue weighted by molar-refractivity contribution is 0.619. The summed E-state index contributed by atoms with van der Waals surface area (Å²) >= 11 is 0. The normalized spacial score (nSPS) is 11.1. The van der Waals surface area contributed by atoms with E-state index in [-0.39, 0.29) is 5.82 Å². The molecule has 0 amide bonds. The number of rotatable bonds is 2. The molecule has 0 aliphatic heterocycles. The molecule has 118 valence electrons. The van der Waals surface area contributed by atoms with E-state index in [1.165, 1.54) is 6.07 Å². The molecule has 4 heteroatoms. The smallest absolute Gasteiger partial charge is 0.126 e. The first kappa shape index (κ1) is 14.6. The Morgan fingerprint density at radius 3 is 2.62 bits per heavy atom. The number of aromatic nitrogens is 3. The Labute approximate surface area is 139 Å². The van der Waals surface area contributed by atoms with Gasteiger partial charge < -0.3 is 0 Å². The second-order valence-corrected chi connectivity index (χ2v) is 5.93. The maximum Gasteiger partial charge on any atom is 0.126 e. The van der Waals surface area contributed by atoms with Gasteiger partial charge >= 0.3 is 0 Å². The molecule has 0 aliphatic rings. The van der Waals surface area contributed by atoms with Crippen molar-refractivity contribution in [2.75, 3.05) is 0 Å². The van der Waals surface area contributed by atoms with Gasteiger partial charge in [0.25, 0.3) is 0 Å². The van der Waals surface area contributed by atoms with Crippen LogP contribution in [0, 0.1) is 19.7 Å². The summed E-state index contributed by atoms with van der Waals surface area (Å²) in [4.78, 5) is 4.54. The lowest BCUT2D eigenvalue weighted by atomic mass is 9.97. The van der Waals surface area contributed by atoms with Crippen LogP contribution in [-0.4, -0.2) is 15.2 Å². The highest BCUT2D eigenvalue weighted by molar-refractivity contribution is 5.89. The SMILES string of the molecule is Cc1cc(-c2ncccc2-c2ccc3[nH]nc(C)c3c2)ccc1F. The molecule has 4 aromatic rings. The standard InChI is InChI=1S/C20H16FN3/c1-12-10-15(5-7-18(12)21)20-16(4-3-9-22-20)14-6-8-19-17(11-14)13(2)23-24-19/h3-11H,1-2H3,(H,23,24). The highest BCUT2D eigenvalue weighted by Crippen LogP contribution is 2.32. The van der Waals surface area contributed by atoms with Crippen LogP contribution in [0.25, 0.3) is 33.3 Å². The summed E-state index contributed by atoms with van der Waals surface area (Å²) in [5.74, 6) is -0.202. The van der Waals surface area contributed by atoms with Crippen LogP contribution in [0.5, 0.6) is 0 Å².